The van der Waals surface area contributed by atoms with Crippen LogP contribution in [0.3, 0.4) is 0 Å². The van der Waals surface area contributed by atoms with E-state index >= 15 is 0 Å². The fraction of sp³-hybridized carbons (Fsp3) is 0.600. The number of hydrogen-bond donors (Lipinski definition) is 1. The SMILES string of the molecule is FC(F)(F)c1cc(OCCCC2CCNCC2)ccc1Br. The minimum atomic E-state index is -4.37. The van der Waals surface area contributed by atoms with Crippen LogP contribution in [0.4, 0.5) is 13.2 Å². The average molecular weight is 366 g/mol. The maximum Gasteiger partial charge on any atom is 0.417 e. The van der Waals surface area contributed by atoms with E-state index in [2.05, 4.69) is 21.2 Å². The summed E-state index contributed by atoms with van der Waals surface area (Å²) in [6.07, 6.45) is -0.0628. The molecule has 6 heteroatoms. The Hall–Kier alpha value is -0.750. The zero-order chi connectivity index (χ0) is 15.3. The van der Waals surface area contributed by atoms with E-state index < -0.39 is 11.7 Å². The first-order valence-corrected chi connectivity index (χ1v) is 7.96. The fourth-order valence-electron chi connectivity index (χ4n) is 2.54. The van der Waals surface area contributed by atoms with Gasteiger partial charge >= 0.3 is 6.18 Å². The fourth-order valence-corrected chi connectivity index (χ4v) is 3.02. The molecule has 0 unspecified atom stereocenters. The third kappa shape index (κ3) is 5.18. The van der Waals surface area contributed by atoms with Gasteiger partial charge in [-0.05, 0) is 62.9 Å². The first kappa shape index (κ1) is 16.6. The van der Waals surface area contributed by atoms with Crippen molar-refractivity contribution in [2.45, 2.75) is 31.9 Å². The largest absolute Gasteiger partial charge is 0.494 e. The lowest BCUT2D eigenvalue weighted by atomic mass is 9.93. The molecule has 0 bridgehead atoms. The molecule has 0 aromatic heterocycles. The number of benzene rings is 1. The number of alkyl halides is 3. The Kier molecular flexibility index (Phi) is 5.93. The molecule has 0 atom stereocenters. The zero-order valence-electron chi connectivity index (χ0n) is 11.7. The molecule has 2 rings (SSSR count). The molecule has 21 heavy (non-hydrogen) atoms. The first-order chi connectivity index (χ1) is 9.97. The van der Waals surface area contributed by atoms with Crippen LogP contribution in [-0.2, 0) is 6.18 Å². The highest BCUT2D eigenvalue weighted by Gasteiger charge is 2.33. The summed E-state index contributed by atoms with van der Waals surface area (Å²) >= 11 is 2.92. The van der Waals surface area contributed by atoms with Crippen molar-refractivity contribution in [1.82, 2.24) is 5.32 Å². The number of ether oxygens (including phenoxy) is 1. The van der Waals surface area contributed by atoms with E-state index in [9.17, 15) is 13.2 Å². The lowest BCUT2D eigenvalue weighted by Gasteiger charge is -2.22. The maximum absolute atomic E-state index is 12.8. The van der Waals surface area contributed by atoms with Gasteiger partial charge in [0.25, 0.3) is 0 Å². The van der Waals surface area contributed by atoms with Crippen LogP contribution in [0.1, 0.15) is 31.2 Å². The molecule has 1 N–H and O–H groups in total. The van der Waals surface area contributed by atoms with E-state index in [-0.39, 0.29) is 10.2 Å². The van der Waals surface area contributed by atoms with Crippen molar-refractivity contribution in [1.29, 1.82) is 0 Å². The maximum atomic E-state index is 12.8. The second-order valence-electron chi connectivity index (χ2n) is 5.32. The smallest absolute Gasteiger partial charge is 0.417 e. The summed E-state index contributed by atoms with van der Waals surface area (Å²) in [5, 5.41) is 3.31. The van der Waals surface area contributed by atoms with Crippen molar-refractivity contribution in [3.63, 3.8) is 0 Å². The number of halogens is 4. The molecule has 1 heterocycles. The standard InChI is InChI=1S/C15H19BrF3NO/c16-14-4-3-12(10-13(14)15(17,18)19)21-9-1-2-11-5-7-20-8-6-11/h3-4,10-11,20H,1-2,5-9H2. The van der Waals surface area contributed by atoms with Crippen molar-refractivity contribution >= 4 is 15.9 Å². The van der Waals surface area contributed by atoms with Crippen LogP contribution in [-0.4, -0.2) is 19.7 Å². The van der Waals surface area contributed by atoms with Gasteiger partial charge < -0.3 is 10.1 Å². The van der Waals surface area contributed by atoms with Gasteiger partial charge in [-0.3, -0.25) is 0 Å². The number of hydrogen-bond acceptors (Lipinski definition) is 2. The Morgan fingerprint density at radius 2 is 1.95 bits per heavy atom. The molecule has 0 aliphatic carbocycles. The van der Waals surface area contributed by atoms with Gasteiger partial charge in [0, 0.05) is 4.47 Å². The van der Waals surface area contributed by atoms with Gasteiger partial charge in [-0.15, -0.1) is 0 Å². The lowest BCUT2D eigenvalue weighted by molar-refractivity contribution is -0.138. The van der Waals surface area contributed by atoms with Gasteiger partial charge in [0.1, 0.15) is 5.75 Å². The molecule has 0 radical (unpaired) electrons. The second kappa shape index (κ2) is 7.49. The number of nitrogens with one attached hydrogen (secondary N) is 1. The van der Waals surface area contributed by atoms with Crippen LogP contribution in [0.25, 0.3) is 0 Å². The lowest BCUT2D eigenvalue weighted by Crippen LogP contribution is -2.27. The van der Waals surface area contributed by atoms with Crippen LogP contribution >= 0.6 is 15.9 Å². The van der Waals surface area contributed by atoms with Crippen molar-refractivity contribution < 1.29 is 17.9 Å². The number of rotatable bonds is 5. The Morgan fingerprint density at radius 3 is 2.62 bits per heavy atom. The zero-order valence-corrected chi connectivity index (χ0v) is 13.3. The van der Waals surface area contributed by atoms with Gasteiger partial charge in [0.2, 0.25) is 0 Å². The van der Waals surface area contributed by atoms with Crippen molar-refractivity contribution in [3.8, 4) is 5.75 Å². The third-order valence-corrected chi connectivity index (χ3v) is 4.42. The van der Waals surface area contributed by atoms with E-state index in [1.54, 1.807) is 6.07 Å². The summed E-state index contributed by atoms with van der Waals surface area (Å²) in [5.41, 5.74) is -0.696. The molecule has 1 aromatic rings. The average Bonchev–Trinajstić information content (AvgIpc) is 2.45. The normalized spacial score (nSPS) is 17.0. The minimum Gasteiger partial charge on any atom is -0.494 e. The molecule has 0 amide bonds. The van der Waals surface area contributed by atoms with E-state index in [4.69, 9.17) is 4.74 Å². The highest BCUT2D eigenvalue weighted by Crippen LogP contribution is 2.36. The number of piperidine rings is 1. The predicted octanol–water partition coefficient (Wildman–Crippen LogP) is 4.63. The van der Waals surface area contributed by atoms with Gasteiger partial charge in [-0.2, -0.15) is 13.2 Å². The van der Waals surface area contributed by atoms with Crippen LogP contribution < -0.4 is 10.1 Å². The van der Waals surface area contributed by atoms with Crippen LogP contribution in [0.5, 0.6) is 5.75 Å². The van der Waals surface area contributed by atoms with Crippen molar-refractivity contribution in [2.75, 3.05) is 19.7 Å². The summed E-state index contributed by atoms with van der Waals surface area (Å²) in [6, 6.07) is 3.99. The minimum absolute atomic E-state index is 0.0389. The summed E-state index contributed by atoms with van der Waals surface area (Å²) in [7, 11) is 0. The molecule has 1 saturated heterocycles. The summed E-state index contributed by atoms with van der Waals surface area (Å²) < 4.78 is 43.8. The van der Waals surface area contributed by atoms with E-state index in [1.807, 2.05) is 0 Å². The molecule has 1 aliphatic rings. The van der Waals surface area contributed by atoms with Crippen LogP contribution in [0.2, 0.25) is 0 Å². The van der Waals surface area contributed by atoms with Crippen molar-refractivity contribution in [2.24, 2.45) is 5.92 Å². The quantitative estimate of drug-likeness (QED) is 0.768. The molecule has 118 valence electrons. The predicted molar refractivity (Wildman–Crippen MR) is 79.5 cm³/mol. The van der Waals surface area contributed by atoms with E-state index in [1.165, 1.54) is 18.9 Å². The highest BCUT2D eigenvalue weighted by atomic mass is 79.9. The van der Waals surface area contributed by atoms with Crippen molar-refractivity contribution in [3.05, 3.63) is 28.2 Å². The molecule has 0 spiro atoms. The van der Waals surface area contributed by atoms with Gasteiger partial charge in [-0.1, -0.05) is 15.9 Å². The molecular weight excluding hydrogens is 347 g/mol. The third-order valence-electron chi connectivity index (χ3n) is 3.73. The highest BCUT2D eigenvalue weighted by molar-refractivity contribution is 9.10. The molecule has 2 nitrogen and oxygen atoms in total. The Morgan fingerprint density at radius 1 is 1.24 bits per heavy atom. The summed E-state index contributed by atoms with van der Waals surface area (Å²) in [6.45, 7) is 2.59. The second-order valence-corrected chi connectivity index (χ2v) is 6.18. The molecule has 1 fully saturated rings. The van der Waals surface area contributed by atoms with Crippen LogP contribution in [0.15, 0.2) is 22.7 Å². The van der Waals surface area contributed by atoms with E-state index in [0.717, 1.165) is 32.0 Å². The topological polar surface area (TPSA) is 21.3 Å². The molecular formula is C15H19BrF3NO. The monoisotopic (exact) mass is 365 g/mol. The Balaban J connectivity index is 1.80. The molecule has 0 saturated carbocycles. The van der Waals surface area contributed by atoms with Gasteiger partial charge in [0.15, 0.2) is 0 Å². The molecule has 1 aliphatic heterocycles. The Labute approximate surface area is 131 Å². The Bertz CT molecular complexity index is 459. The van der Waals surface area contributed by atoms with Gasteiger partial charge in [-0.25, -0.2) is 0 Å². The van der Waals surface area contributed by atoms with Crippen LogP contribution in [0, 0.1) is 5.92 Å². The van der Waals surface area contributed by atoms with E-state index in [0.29, 0.717) is 12.5 Å². The summed E-state index contributed by atoms with van der Waals surface area (Å²) in [4.78, 5) is 0. The molecule has 1 aromatic carbocycles. The summed E-state index contributed by atoms with van der Waals surface area (Å²) in [5.74, 6) is 0.987. The first-order valence-electron chi connectivity index (χ1n) is 7.17. The van der Waals surface area contributed by atoms with Gasteiger partial charge in [0.05, 0.1) is 12.2 Å².